The van der Waals surface area contributed by atoms with Crippen molar-refractivity contribution in [2.24, 2.45) is 0 Å². The highest BCUT2D eigenvalue weighted by Gasteiger charge is 2.19. The molecule has 0 spiro atoms. The Balaban J connectivity index is 2.34. The van der Waals surface area contributed by atoms with E-state index in [1.165, 1.54) is 4.57 Å². The maximum Gasteiger partial charge on any atom is 0.254 e. The number of anilines is 1. The Kier molecular flexibility index (Phi) is 5.42. The van der Waals surface area contributed by atoms with E-state index >= 15 is 0 Å². The summed E-state index contributed by atoms with van der Waals surface area (Å²) in [6.07, 6.45) is 2.49. The fourth-order valence-electron chi connectivity index (χ4n) is 2.54. The van der Waals surface area contributed by atoms with Gasteiger partial charge in [-0.05, 0) is 60.3 Å². The Morgan fingerprint density at radius 2 is 2.00 bits per heavy atom. The fraction of sp³-hybridized carbons (Fsp3) is 0.333. The summed E-state index contributed by atoms with van der Waals surface area (Å²) in [6, 6.07) is 7.11. The van der Waals surface area contributed by atoms with Crippen molar-refractivity contribution in [3.8, 4) is 0 Å². The van der Waals surface area contributed by atoms with Crippen LogP contribution in [0.3, 0.4) is 0 Å². The normalized spacial score (nSPS) is 12.0. The number of halogens is 1. The van der Waals surface area contributed by atoms with Crippen LogP contribution in [0.25, 0.3) is 0 Å². The van der Waals surface area contributed by atoms with Crippen molar-refractivity contribution in [3.63, 3.8) is 0 Å². The number of nitrogens with zero attached hydrogens (tertiary/aromatic N) is 1. The van der Waals surface area contributed by atoms with Crippen LogP contribution in [-0.4, -0.2) is 10.5 Å². The van der Waals surface area contributed by atoms with Gasteiger partial charge in [0.25, 0.3) is 5.56 Å². The molecule has 1 unspecified atom stereocenters. The molecule has 4 nitrogen and oxygen atoms in total. The SMILES string of the molecule is CCc1cccc(C)c1NC(=O)C(C)n1cc(Br)cc(C)c1=O. The number of pyridine rings is 1. The second-order valence-corrected chi connectivity index (χ2v) is 6.60. The predicted molar refractivity (Wildman–Crippen MR) is 97.0 cm³/mol. The number of carbonyl (C=O) groups is 1. The first-order valence-corrected chi connectivity index (χ1v) is 8.42. The summed E-state index contributed by atoms with van der Waals surface area (Å²) >= 11 is 3.37. The first-order chi connectivity index (χ1) is 10.8. The monoisotopic (exact) mass is 376 g/mol. The van der Waals surface area contributed by atoms with Crippen LogP contribution in [-0.2, 0) is 11.2 Å². The molecule has 23 heavy (non-hydrogen) atoms. The van der Waals surface area contributed by atoms with Crippen molar-refractivity contribution >= 4 is 27.5 Å². The van der Waals surface area contributed by atoms with Crippen LogP contribution in [0.15, 0.2) is 39.7 Å². The van der Waals surface area contributed by atoms with E-state index in [1.54, 1.807) is 26.1 Å². The Morgan fingerprint density at radius 1 is 1.30 bits per heavy atom. The molecule has 0 aliphatic rings. The van der Waals surface area contributed by atoms with Gasteiger partial charge in [-0.15, -0.1) is 0 Å². The number of benzene rings is 1. The minimum atomic E-state index is -0.594. The van der Waals surface area contributed by atoms with Gasteiger partial charge in [-0.25, -0.2) is 0 Å². The summed E-state index contributed by atoms with van der Waals surface area (Å²) in [7, 11) is 0. The zero-order valence-electron chi connectivity index (χ0n) is 13.8. The zero-order valence-corrected chi connectivity index (χ0v) is 15.4. The Labute approximate surface area is 144 Å². The van der Waals surface area contributed by atoms with Gasteiger partial charge in [0.1, 0.15) is 6.04 Å². The molecule has 0 bridgehead atoms. The van der Waals surface area contributed by atoms with Crippen LogP contribution in [0.2, 0.25) is 0 Å². The van der Waals surface area contributed by atoms with E-state index < -0.39 is 6.04 Å². The predicted octanol–water partition coefficient (Wildman–Crippen LogP) is 3.99. The second kappa shape index (κ2) is 7.13. The molecule has 5 heteroatoms. The molecule has 0 saturated heterocycles. The van der Waals surface area contributed by atoms with Gasteiger partial charge in [-0.2, -0.15) is 0 Å². The number of rotatable bonds is 4. The molecule has 1 heterocycles. The number of para-hydroxylation sites is 1. The first kappa shape index (κ1) is 17.5. The van der Waals surface area contributed by atoms with Gasteiger partial charge in [0, 0.05) is 21.9 Å². The third kappa shape index (κ3) is 3.72. The summed E-state index contributed by atoms with van der Waals surface area (Å²) in [6.45, 7) is 7.49. The molecule has 0 saturated carbocycles. The average Bonchev–Trinajstić information content (AvgIpc) is 2.51. The average molecular weight is 377 g/mol. The van der Waals surface area contributed by atoms with Crippen molar-refractivity contribution in [2.75, 3.05) is 5.32 Å². The van der Waals surface area contributed by atoms with Gasteiger partial charge in [0.2, 0.25) is 5.91 Å². The van der Waals surface area contributed by atoms with Crippen molar-refractivity contribution in [1.82, 2.24) is 4.57 Å². The highest BCUT2D eigenvalue weighted by atomic mass is 79.9. The van der Waals surface area contributed by atoms with E-state index in [-0.39, 0.29) is 11.5 Å². The van der Waals surface area contributed by atoms with Crippen LogP contribution >= 0.6 is 15.9 Å². The molecular weight excluding hydrogens is 356 g/mol. The van der Waals surface area contributed by atoms with Crippen LogP contribution in [0.5, 0.6) is 0 Å². The van der Waals surface area contributed by atoms with E-state index in [1.807, 2.05) is 25.1 Å². The lowest BCUT2D eigenvalue weighted by Gasteiger charge is -2.19. The lowest BCUT2D eigenvalue weighted by Crippen LogP contribution is -2.32. The number of amides is 1. The van der Waals surface area contributed by atoms with Crippen molar-refractivity contribution in [1.29, 1.82) is 0 Å². The molecule has 122 valence electrons. The number of hydrogen-bond acceptors (Lipinski definition) is 2. The fourth-order valence-corrected chi connectivity index (χ4v) is 3.11. The van der Waals surface area contributed by atoms with Crippen molar-refractivity contribution in [3.05, 3.63) is 62.0 Å². The molecule has 0 aliphatic carbocycles. The molecule has 1 aromatic carbocycles. The standard InChI is InChI=1S/C18H21BrN2O2/c1-5-14-8-6-7-11(2)16(14)20-17(22)13(4)21-10-15(19)9-12(3)18(21)23/h6-10,13H,5H2,1-4H3,(H,20,22). The number of aromatic nitrogens is 1. The molecule has 1 aromatic heterocycles. The van der Waals surface area contributed by atoms with Crippen LogP contribution in [0, 0.1) is 13.8 Å². The molecule has 1 atom stereocenters. The number of hydrogen-bond donors (Lipinski definition) is 1. The van der Waals surface area contributed by atoms with Crippen LogP contribution in [0.1, 0.15) is 36.6 Å². The second-order valence-electron chi connectivity index (χ2n) is 5.68. The van der Waals surface area contributed by atoms with Gasteiger partial charge in [-0.3, -0.25) is 9.59 Å². The highest BCUT2D eigenvalue weighted by molar-refractivity contribution is 9.10. The van der Waals surface area contributed by atoms with Crippen LogP contribution in [0.4, 0.5) is 5.69 Å². The smallest absolute Gasteiger partial charge is 0.254 e. The maximum absolute atomic E-state index is 12.6. The summed E-state index contributed by atoms with van der Waals surface area (Å²) in [5.74, 6) is -0.200. The lowest BCUT2D eigenvalue weighted by atomic mass is 10.1. The topological polar surface area (TPSA) is 51.1 Å². The Morgan fingerprint density at radius 3 is 2.65 bits per heavy atom. The quantitative estimate of drug-likeness (QED) is 0.876. The first-order valence-electron chi connectivity index (χ1n) is 7.62. The number of carbonyl (C=O) groups excluding carboxylic acids is 1. The van der Waals surface area contributed by atoms with Crippen LogP contribution < -0.4 is 10.9 Å². The molecule has 1 N–H and O–H groups in total. The molecule has 2 rings (SSSR count). The third-order valence-corrected chi connectivity index (χ3v) is 4.41. The number of aryl methyl sites for hydroxylation is 3. The minimum absolute atomic E-state index is 0.156. The third-order valence-electron chi connectivity index (χ3n) is 3.97. The molecule has 0 aliphatic heterocycles. The van der Waals surface area contributed by atoms with Gasteiger partial charge in [-0.1, -0.05) is 25.1 Å². The summed E-state index contributed by atoms with van der Waals surface area (Å²) in [5.41, 5.74) is 3.39. The highest BCUT2D eigenvalue weighted by Crippen LogP contribution is 2.22. The molecule has 0 radical (unpaired) electrons. The van der Waals surface area contributed by atoms with Gasteiger partial charge >= 0.3 is 0 Å². The van der Waals surface area contributed by atoms with E-state index in [4.69, 9.17) is 0 Å². The minimum Gasteiger partial charge on any atom is -0.324 e. The van der Waals surface area contributed by atoms with Crippen molar-refractivity contribution in [2.45, 2.75) is 40.2 Å². The summed E-state index contributed by atoms with van der Waals surface area (Å²) in [4.78, 5) is 24.9. The molecule has 2 aromatic rings. The van der Waals surface area contributed by atoms with Crippen molar-refractivity contribution < 1.29 is 4.79 Å². The van der Waals surface area contributed by atoms with E-state index in [0.717, 1.165) is 27.7 Å². The van der Waals surface area contributed by atoms with Gasteiger partial charge < -0.3 is 9.88 Å². The number of nitrogens with one attached hydrogen (secondary N) is 1. The Bertz CT molecular complexity index is 796. The van der Waals surface area contributed by atoms with E-state index in [9.17, 15) is 9.59 Å². The molecular formula is C18H21BrN2O2. The zero-order chi connectivity index (χ0) is 17.1. The van der Waals surface area contributed by atoms with Gasteiger partial charge in [0.05, 0.1) is 0 Å². The van der Waals surface area contributed by atoms with E-state index in [0.29, 0.717) is 5.56 Å². The maximum atomic E-state index is 12.6. The summed E-state index contributed by atoms with van der Waals surface area (Å²) in [5, 5.41) is 2.98. The Hall–Kier alpha value is -1.88. The molecule has 1 amide bonds. The van der Waals surface area contributed by atoms with E-state index in [2.05, 4.69) is 28.2 Å². The molecule has 0 fully saturated rings. The van der Waals surface area contributed by atoms with Gasteiger partial charge in [0.15, 0.2) is 0 Å². The summed E-state index contributed by atoms with van der Waals surface area (Å²) < 4.78 is 2.23. The largest absolute Gasteiger partial charge is 0.324 e. The lowest BCUT2D eigenvalue weighted by molar-refractivity contribution is -0.118.